The highest BCUT2D eigenvalue weighted by molar-refractivity contribution is 7.16. The SMILES string of the molecule is CC1C(NC(=O)c2ncc(-c3ccncc3)s2)C2CCN1CC2. The van der Waals surface area contributed by atoms with E-state index in [1.54, 1.807) is 18.6 Å². The lowest BCUT2D eigenvalue weighted by atomic mass is 9.79. The summed E-state index contributed by atoms with van der Waals surface area (Å²) in [5.41, 5.74) is 1.05. The van der Waals surface area contributed by atoms with E-state index in [9.17, 15) is 4.79 Å². The molecule has 2 aromatic heterocycles. The number of nitrogens with one attached hydrogen (secondary N) is 1. The smallest absolute Gasteiger partial charge is 0.280 e. The summed E-state index contributed by atoms with van der Waals surface area (Å²) in [6.45, 7) is 4.56. The molecule has 3 saturated heterocycles. The average molecular weight is 328 g/mol. The second kappa shape index (κ2) is 6.02. The van der Waals surface area contributed by atoms with Crippen LogP contribution in [-0.2, 0) is 0 Å². The van der Waals surface area contributed by atoms with Gasteiger partial charge in [0.1, 0.15) is 0 Å². The van der Waals surface area contributed by atoms with Crippen LogP contribution in [0.25, 0.3) is 10.4 Å². The Morgan fingerprint density at radius 3 is 2.74 bits per heavy atom. The molecule has 0 aliphatic carbocycles. The highest BCUT2D eigenvalue weighted by atomic mass is 32.1. The fraction of sp³-hybridized carbons (Fsp3) is 0.471. The van der Waals surface area contributed by atoms with E-state index in [1.165, 1.54) is 37.3 Å². The molecule has 23 heavy (non-hydrogen) atoms. The molecule has 2 unspecified atom stereocenters. The lowest BCUT2D eigenvalue weighted by molar-refractivity contribution is 0.0217. The molecule has 5 rings (SSSR count). The zero-order valence-corrected chi connectivity index (χ0v) is 13.9. The van der Waals surface area contributed by atoms with Crippen molar-refractivity contribution in [3.63, 3.8) is 0 Å². The third-order valence-electron chi connectivity index (χ3n) is 5.14. The molecule has 5 heterocycles. The summed E-state index contributed by atoms with van der Waals surface area (Å²) < 4.78 is 0. The summed E-state index contributed by atoms with van der Waals surface area (Å²) in [5, 5.41) is 3.78. The molecule has 2 bridgehead atoms. The maximum absolute atomic E-state index is 12.6. The summed E-state index contributed by atoms with van der Waals surface area (Å²) in [4.78, 5) is 24.4. The van der Waals surface area contributed by atoms with Gasteiger partial charge in [0.25, 0.3) is 5.91 Å². The number of pyridine rings is 1. The second-order valence-corrected chi connectivity index (χ2v) is 7.41. The van der Waals surface area contributed by atoms with Gasteiger partial charge in [0.15, 0.2) is 5.01 Å². The number of rotatable bonds is 3. The van der Waals surface area contributed by atoms with Crippen molar-refractivity contribution in [3.05, 3.63) is 35.7 Å². The molecule has 3 aliphatic heterocycles. The molecule has 0 saturated carbocycles. The molecule has 2 atom stereocenters. The van der Waals surface area contributed by atoms with E-state index in [0.29, 0.717) is 17.0 Å². The van der Waals surface area contributed by atoms with Crippen LogP contribution in [0.15, 0.2) is 30.7 Å². The van der Waals surface area contributed by atoms with Gasteiger partial charge in [-0.15, -0.1) is 11.3 Å². The van der Waals surface area contributed by atoms with Crippen LogP contribution in [0.2, 0.25) is 0 Å². The topological polar surface area (TPSA) is 58.1 Å². The monoisotopic (exact) mass is 328 g/mol. The van der Waals surface area contributed by atoms with E-state index in [-0.39, 0.29) is 11.9 Å². The summed E-state index contributed by atoms with van der Waals surface area (Å²) >= 11 is 1.44. The Kier molecular flexibility index (Phi) is 3.87. The van der Waals surface area contributed by atoms with Crippen LogP contribution in [0.5, 0.6) is 0 Å². The first kappa shape index (κ1) is 14.8. The average Bonchev–Trinajstić information content (AvgIpc) is 3.09. The molecule has 1 N–H and O–H groups in total. The summed E-state index contributed by atoms with van der Waals surface area (Å²) in [6, 6.07) is 4.54. The zero-order valence-electron chi connectivity index (χ0n) is 13.1. The minimum Gasteiger partial charge on any atom is -0.345 e. The van der Waals surface area contributed by atoms with Crippen LogP contribution >= 0.6 is 11.3 Å². The molecular weight excluding hydrogens is 308 g/mol. The number of thiazole rings is 1. The minimum atomic E-state index is -0.0408. The van der Waals surface area contributed by atoms with E-state index >= 15 is 0 Å². The number of fused-ring (bicyclic) bond motifs is 3. The van der Waals surface area contributed by atoms with E-state index in [2.05, 4.69) is 27.1 Å². The Balaban J connectivity index is 1.49. The van der Waals surface area contributed by atoms with Crippen molar-refractivity contribution in [1.29, 1.82) is 0 Å². The standard InChI is InChI=1S/C17H20N4OS/c1-11-15(13-4-8-21(11)9-5-13)20-16(22)17-19-10-14(23-17)12-2-6-18-7-3-12/h2-3,6-7,10-11,13,15H,4-5,8-9H2,1H3,(H,20,22). The number of hydrogen-bond acceptors (Lipinski definition) is 5. The van der Waals surface area contributed by atoms with Crippen molar-refractivity contribution in [3.8, 4) is 10.4 Å². The van der Waals surface area contributed by atoms with Gasteiger partial charge in [0, 0.05) is 30.7 Å². The predicted molar refractivity (Wildman–Crippen MR) is 90.4 cm³/mol. The second-order valence-electron chi connectivity index (χ2n) is 6.38. The molecule has 3 fully saturated rings. The molecule has 5 nitrogen and oxygen atoms in total. The normalized spacial score (nSPS) is 29.4. The lowest BCUT2D eigenvalue weighted by Crippen LogP contribution is -2.62. The maximum Gasteiger partial charge on any atom is 0.280 e. The third kappa shape index (κ3) is 2.77. The Morgan fingerprint density at radius 1 is 1.30 bits per heavy atom. The van der Waals surface area contributed by atoms with Crippen molar-refractivity contribution in [2.75, 3.05) is 13.1 Å². The Morgan fingerprint density at radius 2 is 2.04 bits per heavy atom. The fourth-order valence-corrected chi connectivity index (χ4v) is 4.61. The molecule has 6 heteroatoms. The Bertz CT molecular complexity index is 692. The molecular formula is C17H20N4OS. The van der Waals surface area contributed by atoms with Gasteiger partial charge in [-0.05, 0) is 56.5 Å². The number of carbonyl (C=O) groups is 1. The third-order valence-corrected chi connectivity index (χ3v) is 6.19. The Hall–Kier alpha value is -1.79. The largest absolute Gasteiger partial charge is 0.345 e. The van der Waals surface area contributed by atoms with E-state index in [0.717, 1.165) is 10.4 Å². The highest BCUT2D eigenvalue weighted by Crippen LogP contribution is 2.32. The number of carbonyl (C=O) groups excluding carboxylic acids is 1. The van der Waals surface area contributed by atoms with Gasteiger partial charge in [-0.25, -0.2) is 4.98 Å². The van der Waals surface area contributed by atoms with E-state index in [1.807, 2.05) is 12.1 Å². The molecule has 0 radical (unpaired) electrons. The molecule has 1 amide bonds. The van der Waals surface area contributed by atoms with Gasteiger partial charge in [-0.2, -0.15) is 0 Å². The molecule has 120 valence electrons. The maximum atomic E-state index is 12.6. The quantitative estimate of drug-likeness (QED) is 0.940. The number of hydrogen-bond donors (Lipinski definition) is 1. The van der Waals surface area contributed by atoms with Crippen LogP contribution < -0.4 is 5.32 Å². The van der Waals surface area contributed by atoms with Crippen molar-refractivity contribution in [1.82, 2.24) is 20.2 Å². The Labute approximate surface area is 139 Å². The number of nitrogens with zero attached hydrogens (tertiary/aromatic N) is 3. The number of amides is 1. The van der Waals surface area contributed by atoms with Gasteiger partial charge >= 0.3 is 0 Å². The van der Waals surface area contributed by atoms with Crippen molar-refractivity contribution < 1.29 is 4.79 Å². The van der Waals surface area contributed by atoms with Gasteiger partial charge in [0.2, 0.25) is 0 Å². The van der Waals surface area contributed by atoms with E-state index in [4.69, 9.17) is 0 Å². The first-order chi connectivity index (χ1) is 11.2. The highest BCUT2D eigenvalue weighted by Gasteiger charge is 2.40. The van der Waals surface area contributed by atoms with Gasteiger partial charge < -0.3 is 5.32 Å². The van der Waals surface area contributed by atoms with Crippen LogP contribution in [0.3, 0.4) is 0 Å². The van der Waals surface area contributed by atoms with Crippen LogP contribution in [-0.4, -0.2) is 45.9 Å². The van der Waals surface area contributed by atoms with Crippen LogP contribution in [0.4, 0.5) is 0 Å². The fourth-order valence-electron chi connectivity index (χ4n) is 3.79. The molecule has 3 aliphatic rings. The van der Waals surface area contributed by atoms with Crippen molar-refractivity contribution in [2.24, 2.45) is 5.92 Å². The first-order valence-corrected chi connectivity index (χ1v) is 8.95. The summed E-state index contributed by atoms with van der Waals surface area (Å²) in [7, 11) is 0. The summed E-state index contributed by atoms with van der Waals surface area (Å²) in [6.07, 6.45) is 7.66. The van der Waals surface area contributed by atoms with Crippen LogP contribution in [0, 0.1) is 5.92 Å². The number of piperidine rings is 3. The summed E-state index contributed by atoms with van der Waals surface area (Å²) in [5.74, 6) is 0.569. The van der Waals surface area contributed by atoms with Gasteiger partial charge in [-0.1, -0.05) is 0 Å². The molecule has 0 aromatic carbocycles. The molecule has 0 spiro atoms. The van der Waals surface area contributed by atoms with Gasteiger partial charge in [-0.3, -0.25) is 14.7 Å². The van der Waals surface area contributed by atoms with E-state index < -0.39 is 0 Å². The van der Waals surface area contributed by atoms with Crippen LogP contribution in [0.1, 0.15) is 29.6 Å². The first-order valence-electron chi connectivity index (χ1n) is 8.13. The van der Waals surface area contributed by atoms with Crippen molar-refractivity contribution >= 4 is 17.2 Å². The van der Waals surface area contributed by atoms with Crippen molar-refractivity contribution in [2.45, 2.75) is 31.8 Å². The van der Waals surface area contributed by atoms with Gasteiger partial charge in [0.05, 0.1) is 4.88 Å². The lowest BCUT2D eigenvalue weighted by Gasteiger charge is -2.49. The number of aromatic nitrogens is 2. The molecule has 2 aromatic rings. The zero-order chi connectivity index (χ0) is 15.8. The predicted octanol–water partition coefficient (Wildman–Crippen LogP) is 2.42. The minimum absolute atomic E-state index is 0.0408.